The Morgan fingerprint density at radius 3 is 2.14 bits per heavy atom. The van der Waals surface area contributed by atoms with Crippen LogP contribution in [0.2, 0.25) is 0 Å². The first kappa shape index (κ1) is 5.10. The summed E-state index contributed by atoms with van der Waals surface area (Å²) in [4.78, 5) is 0. The predicted octanol–water partition coefficient (Wildman–Crippen LogP) is 1.13. The summed E-state index contributed by atoms with van der Waals surface area (Å²) < 4.78 is 0. The first-order valence-corrected chi connectivity index (χ1v) is 2.89. The lowest BCUT2D eigenvalue weighted by molar-refractivity contribution is 0.142. The summed E-state index contributed by atoms with van der Waals surface area (Å²) in [5.74, 6) is 0. The molecule has 1 rings (SSSR count). The quantitative estimate of drug-likeness (QED) is 0.482. The Morgan fingerprint density at radius 1 is 1.29 bits per heavy atom. The maximum atomic E-state index is 8.89. The van der Waals surface area contributed by atoms with Gasteiger partial charge in [-0.1, -0.05) is 0 Å². The number of aliphatic hydroxyl groups excluding tert-OH is 1. The van der Waals surface area contributed by atoms with E-state index in [2.05, 4.69) is 6.42 Å². The second-order valence-electron chi connectivity index (χ2n) is 2.10. The van der Waals surface area contributed by atoms with E-state index in [-0.39, 0.29) is 6.10 Å². The van der Waals surface area contributed by atoms with Gasteiger partial charge in [-0.3, -0.25) is 0 Å². The van der Waals surface area contributed by atoms with Crippen molar-refractivity contribution in [3.05, 3.63) is 6.42 Å². The van der Waals surface area contributed by atoms with Crippen LogP contribution < -0.4 is 0 Å². The third-order valence-electron chi connectivity index (χ3n) is 1.41. The zero-order valence-corrected chi connectivity index (χ0v) is 4.43. The summed E-state index contributed by atoms with van der Waals surface area (Å²) in [6.07, 6.45) is 6.44. The van der Waals surface area contributed by atoms with Crippen molar-refractivity contribution in [1.29, 1.82) is 0 Å². The molecule has 0 spiro atoms. The molecule has 1 aliphatic rings. The second kappa shape index (κ2) is 2.31. The molecule has 0 amide bonds. The third kappa shape index (κ3) is 1.48. The lowest BCUT2D eigenvalue weighted by Gasteiger charge is -2.14. The SMILES string of the molecule is OC1CC[CH]CC1. The largest absolute Gasteiger partial charge is 0.393 e. The average molecular weight is 99.2 g/mol. The van der Waals surface area contributed by atoms with E-state index in [1.807, 2.05) is 0 Å². The van der Waals surface area contributed by atoms with Crippen molar-refractivity contribution in [2.75, 3.05) is 0 Å². The molecule has 0 aromatic heterocycles. The highest BCUT2D eigenvalue weighted by atomic mass is 16.3. The Balaban J connectivity index is 2.12. The fourth-order valence-electron chi connectivity index (χ4n) is 0.909. The van der Waals surface area contributed by atoms with Crippen LogP contribution in [0.1, 0.15) is 25.7 Å². The van der Waals surface area contributed by atoms with E-state index < -0.39 is 0 Å². The van der Waals surface area contributed by atoms with E-state index in [9.17, 15) is 0 Å². The monoisotopic (exact) mass is 99.1 g/mol. The summed E-state index contributed by atoms with van der Waals surface area (Å²) in [6, 6.07) is 0. The van der Waals surface area contributed by atoms with Crippen molar-refractivity contribution < 1.29 is 5.11 Å². The summed E-state index contributed by atoms with van der Waals surface area (Å²) in [6.45, 7) is 0. The molecule has 41 valence electrons. The van der Waals surface area contributed by atoms with E-state index in [0.29, 0.717) is 0 Å². The molecule has 0 heterocycles. The highest BCUT2D eigenvalue weighted by Gasteiger charge is 2.07. The molecule has 0 bridgehead atoms. The van der Waals surface area contributed by atoms with Crippen molar-refractivity contribution in [3.8, 4) is 0 Å². The van der Waals surface area contributed by atoms with Crippen molar-refractivity contribution >= 4 is 0 Å². The van der Waals surface area contributed by atoms with Gasteiger partial charge in [-0.2, -0.15) is 0 Å². The normalized spacial score (nSPS) is 25.3. The standard InChI is InChI=1S/C6H11O/c7-6-4-2-1-3-5-6/h1,6-7H,2-5H2. The van der Waals surface area contributed by atoms with Gasteiger partial charge in [0.1, 0.15) is 0 Å². The van der Waals surface area contributed by atoms with Gasteiger partial charge in [-0.15, -0.1) is 0 Å². The molecule has 1 fully saturated rings. The highest BCUT2D eigenvalue weighted by Crippen LogP contribution is 2.15. The minimum absolute atomic E-state index is 0.00463. The van der Waals surface area contributed by atoms with Gasteiger partial charge in [-0.05, 0) is 32.1 Å². The van der Waals surface area contributed by atoms with Crippen LogP contribution in [-0.4, -0.2) is 11.2 Å². The van der Waals surface area contributed by atoms with Crippen LogP contribution in [0, 0.1) is 6.42 Å². The summed E-state index contributed by atoms with van der Waals surface area (Å²) >= 11 is 0. The molecule has 0 aromatic rings. The summed E-state index contributed by atoms with van der Waals surface area (Å²) in [5.41, 5.74) is 0. The Hall–Kier alpha value is -0.0400. The average Bonchev–Trinajstić information content (AvgIpc) is 1.69. The van der Waals surface area contributed by atoms with Gasteiger partial charge in [-0.25, -0.2) is 0 Å². The Labute approximate surface area is 44.4 Å². The number of aliphatic hydroxyl groups is 1. The van der Waals surface area contributed by atoms with Crippen LogP contribution in [0.4, 0.5) is 0 Å². The van der Waals surface area contributed by atoms with Crippen LogP contribution in [0.15, 0.2) is 0 Å². The minimum Gasteiger partial charge on any atom is -0.393 e. The Morgan fingerprint density at radius 2 is 1.86 bits per heavy atom. The van der Waals surface area contributed by atoms with Crippen LogP contribution >= 0.6 is 0 Å². The molecular formula is C6H11O. The lowest BCUT2D eigenvalue weighted by Crippen LogP contribution is -2.10. The van der Waals surface area contributed by atoms with Gasteiger partial charge in [0.05, 0.1) is 6.10 Å². The molecule has 0 unspecified atom stereocenters. The first-order valence-electron chi connectivity index (χ1n) is 2.89. The number of hydrogen-bond donors (Lipinski definition) is 1. The fourth-order valence-corrected chi connectivity index (χ4v) is 0.909. The smallest absolute Gasteiger partial charge is 0.0540 e. The molecule has 1 N–H and O–H groups in total. The van der Waals surface area contributed by atoms with Crippen LogP contribution in [0.5, 0.6) is 0 Å². The molecule has 0 saturated heterocycles. The molecular weight excluding hydrogens is 88.1 g/mol. The van der Waals surface area contributed by atoms with E-state index in [1.54, 1.807) is 0 Å². The molecule has 1 heteroatoms. The van der Waals surface area contributed by atoms with Crippen molar-refractivity contribution in [2.24, 2.45) is 0 Å². The Bertz CT molecular complexity index is 46.1. The van der Waals surface area contributed by atoms with E-state index in [4.69, 9.17) is 5.11 Å². The summed E-state index contributed by atoms with van der Waals surface area (Å²) in [7, 11) is 0. The van der Waals surface area contributed by atoms with Gasteiger partial charge in [0, 0.05) is 0 Å². The van der Waals surface area contributed by atoms with E-state index >= 15 is 0 Å². The van der Waals surface area contributed by atoms with E-state index in [1.165, 1.54) is 0 Å². The first-order chi connectivity index (χ1) is 3.39. The summed E-state index contributed by atoms with van der Waals surface area (Å²) in [5, 5.41) is 8.89. The van der Waals surface area contributed by atoms with Gasteiger partial charge < -0.3 is 5.11 Å². The fraction of sp³-hybridized carbons (Fsp3) is 0.833. The Kier molecular flexibility index (Phi) is 1.69. The maximum Gasteiger partial charge on any atom is 0.0540 e. The van der Waals surface area contributed by atoms with Gasteiger partial charge >= 0.3 is 0 Å². The zero-order valence-electron chi connectivity index (χ0n) is 4.43. The third-order valence-corrected chi connectivity index (χ3v) is 1.41. The molecule has 7 heavy (non-hydrogen) atoms. The van der Waals surface area contributed by atoms with Gasteiger partial charge in [0.15, 0.2) is 0 Å². The van der Waals surface area contributed by atoms with Gasteiger partial charge in [0.2, 0.25) is 0 Å². The molecule has 0 aliphatic heterocycles. The van der Waals surface area contributed by atoms with Crippen molar-refractivity contribution in [1.82, 2.24) is 0 Å². The molecule has 0 aromatic carbocycles. The van der Waals surface area contributed by atoms with Crippen LogP contribution in [0.3, 0.4) is 0 Å². The molecule has 1 nitrogen and oxygen atoms in total. The van der Waals surface area contributed by atoms with Gasteiger partial charge in [0.25, 0.3) is 0 Å². The van der Waals surface area contributed by atoms with Crippen molar-refractivity contribution in [3.63, 3.8) is 0 Å². The molecule has 1 radical (unpaired) electrons. The highest BCUT2D eigenvalue weighted by molar-refractivity contribution is 4.75. The zero-order chi connectivity index (χ0) is 5.11. The molecule has 0 atom stereocenters. The maximum absolute atomic E-state index is 8.89. The topological polar surface area (TPSA) is 20.2 Å². The number of hydrogen-bond acceptors (Lipinski definition) is 1. The predicted molar refractivity (Wildman–Crippen MR) is 28.8 cm³/mol. The second-order valence-corrected chi connectivity index (χ2v) is 2.10. The van der Waals surface area contributed by atoms with Crippen LogP contribution in [-0.2, 0) is 0 Å². The van der Waals surface area contributed by atoms with Crippen molar-refractivity contribution in [2.45, 2.75) is 31.8 Å². The minimum atomic E-state index is 0.00463. The molecule has 1 aliphatic carbocycles. The van der Waals surface area contributed by atoms with E-state index in [0.717, 1.165) is 25.7 Å². The molecule has 1 saturated carbocycles. The lowest BCUT2D eigenvalue weighted by atomic mass is 9.98. The van der Waals surface area contributed by atoms with Crippen LogP contribution in [0.25, 0.3) is 0 Å². The number of rotatable bonds is 0.